The van der Waals surface area contributed by atoms with Gasteiger partial charge >= 0.3 is 0 Å². The number of thioether (sulfide) groups is 1. The largest absolute Gasteiger partial charge is 0.325 e. The van der Waals surface area contributed by atoms with Crippen molar-refractivity contribution in [3.8, 4) is 23.1 Å². The predicted molar refractivity (Wildman–Crippen MR) is 136 cm³/mol. The van der Waals surface area contributed by atoms with Crippen LogP contribution in [-0.4, -0.2) is 26.4 Å². The first kappa shape index (κ1) is 23.6. The van der Waals surface area contributed by atoms with Crippen LogP contribution in [0.15, 0.2) is 78.0 Å². The summed E-state index contributed by atoms with van der Waals surface area (Å²) < 4.78 is 1.99. The number of hydrogen-bond acceptors (Lipinski definition) is 5. The molecule has 170 valence electrons. The van der Waals surface area contributed by atoms with Crippen molar-refractivity contribution in [3.05, 3.63) is 88.9 Å². The standard InChI is InChI=1S/C26H22ClN5OS/c1-17(2)22-8-3-4-9-23(22)32-25(19-10-12-20(27)13-11-19)30-31-26(32)34-16-24(33)29-21-7-5-6-18(14-21)15-28/h3-14,17H,16H2,1-2H3,(H,29,33). The van der Waals surface area contributed by atoms with E-state index in [2.05, 4.69) is 41.5 Å². The summed E-state index contributed by atoms with van der Waals surface area (Å²) in [5.41, 5.74) is 4.07. The highest BCUT2D eigenvalue weighted by molar-refractivity contribution is 7.99. The lowest BCUT2D eigenvalue weighted by molar-refractivity contribution is -0.113. The first-order chi connectivity index (χ1) is 16.5. The van der Waals surface area contributed by atoms with Crippen LogP contribution in [-0.2, 0) is 4.79 Å². The monoisotopic (exact) mass is 487 g/mol. The van der Waals surface area contributed by atoms with Crippen LogP contribution in [0.4, 0.5) is 5.69 Å². The third kappa shape index (κ3) is 5.30. The van der Waals surface area contributed by atoms with E-state index in [0.717, 1.165) is 16.8 Å². The fourth-order valence-electron chi connectivity index (χ4n) is 3.54. The number of carbonyl (C=O) groups is 1. The number of rotatable bonds is 7. The normalized spacial score (nSPS) is 10.8. The van der Waals surface area contributed by atoms with E-state index in [4.69, 9.17) is 16.9 Å². The summed E-state index contributed by atoms with van der Waals surface area (Å²) in [5, 5.41) is 22.0. The van der Waals surface area contributed by atoms with Crippen molar-refractivity contribution in [1.29, 1.82) is 5.26 Å². The van der Waals surface area contributed by atoms with Gasteiger partial charge in [0.15, 0.2) is 11.0 Å². The third-order valence-electron chi connectivity index (χ3n) is 5.14. The number of anilines is 1. The highest BCUT2D eigenvalue weighted by Crippen LogP contribution is 2.32. The van der Waals surface area contributed by atoms with Crippen molar-refractivity contribution in [1.82, 2.24) is 14.8 Å². The molecule has 34 heavy (non-hydrogen) atoms. The second kappa shape index (κ2) is 10.6. The maximum absolute atomic E-state index is 12.6. The zero-order chi connectivity index (χ0) is 24.1. The average molecular weight is 488 g/mol. The number of carbonyl (C=O) groups excluding carboxylic acids is 1. The van der Waals surface area contributed by atoms with Gasteiger partial charge in [-0.15, -0.1) is 10.2 Å². The Morgan fingerprint density at radius 3 is 2.59 bits per heavy atom. The lowest BCUT2D eigenvalue weighted by atomic mass is 10.0. The number of nitrogens with zero attached hydrogens (tertiary/aromatic N) is 4. The van der Waals surface area contributed by atoms with Gasteiger partial charge in [-0.05, 0) is 60.0 Å². The zero-order valence-corrected chi connectivity index (χ0v) is 20.3. The van der Waals surface area contributed by atoms with Crippen molar-refractivity contribution in [2.24, 2.45) is 0 Å². The van der Waals surface area contributed by atoms with Crippen LogP contribution in [0.25, 0.3) is 17.1 Å². The molecule has 4 aromatic rings. The number of amides is 1. The molecule has 1 aromatic heterocycles. The Kier molecular flexibility index (Phi) is 7.31. The second-order valence-electron chi connectivity index (χ2n) is 7.89. The highest BCUT2D eigenvalue weighted by Gasteiger charge is 2.20. The molecule has 0 aliphatic carbocycles. The van der Waals surface area contributed by atoms with Gasteiger partial charge in [0.2, 0.25) is 5.91 Å². The van der Waals surface area contributed by atoms with Gasteiger partial charge in [-0.25, -0.2) is 0 Å². The molecule has 0 bridgehead atoms. The minimum atomic E-state index is -0.195. The molecule has 8 heteroatoms. The van der Waals surface area contributed by atoms with Crippen LogP contribution in [0, 0.1) is 11.3 Å². The second-order valence-corrected chi connectivity index (χ2v) is 9.27. The van der Waals surface area contributed by atoms with Crippen molar-refractivity contribution in [3.63, 3.8) is 0 Å². The molecule has 0 fully saturated rings. The lowest BCUT2D eigenvalue weighted by Gasteiger charge is -2.17. The molecule has 0 radical (unpaired) electrons. The van der Waals surface area contributed by atoms with Crippen LogP contribution < -0.4 is 5.32 Å². The molecule has 1 N–H and O–H groups in total. The number of nitrogens with one attached hydrogen (secondary N) is 1. The van der Waals surface area contributed by atoms with E-state index in [1.165, 1.54) is 11.8 Å². The van der Waals surface area contributed by atoms with E-state index in [1.807, 2.05) is 47.0 Å². The Labute approximate surface area is 207 Å². The molecule has 4 rings (SSSR count). The van der Waals surface area contributed by atoms with Gasteiger partial charge in [0.05, 0.1) is 23.1 Å². The number of nitriles is 1. The number of hydrogen-bond donors (Lipinski definition) is 1. The van der Waals surface area contributed by atoms with Crippen molar-refractivity contribution < 1.29 is 4.79 Å². The van der Waals surface area contributed by atoms with Crippen LogP contribution in [0.1, 0.15) is 30.9 Å². The Morgan fingerprint density at radius 2 is 1.85 bits per heavy atom. The van der Waals surface area contributed by atoms with Gasteiger partial charge in [-0.3, -0.25) is 9.36 Å². The van der Waals surface area contributed by atoms with E-state index in [0.29, 0.717) is 27.3 Å². The van der Waals surface area contributed by atoms with E-state index in [9.17, 15) is 4.79 Å². The van der Waals surface area contributed by atoms with Crippen LogP contribution in [0.2, 0.25) is 5.02 Å². The minimum Gasteiger partial charge on any atom is -0.325 e. The Balaban J connectivity index is 1.66. The molecular weight excluding hydrogens is 466 g/mol. The summed E-state index contributed by atoms with van der Waals surface area (Å²) in [4.78, 5) is 12.6. The van der Waals surface area contributed by atoms with Gasteiger partial charge in [0.25, 0.3) is 0 Å². The fourth-order valence-corrected chi connectivity index (χ4v) is 4.41. The molecule has 3 aromatic carbocycles. The molecule has 1 heterocycles. The van der Waals surface area contributed by atoms with Gasteiger partial charge in [0, 0.05) is 16.3 Å². The molecule has 0 saturated heterocycles. The molecule has 0 unspecified atom stereocenters. The summed E-state index contributed by atoms with van der Waals surface area (Å²) >= 11 is 7.39. The van der Waals surface area contributed by atoms with Crippen molar-refractivity contribution in [2.45, 2.75) is 24.9 Å². The molecular formula is C26H22ClN5OS. The van der Waals surface area contributed by atoms with E-state index in [1.54, 1.807) is 24.3 Å². The van der Waals surface area contributed by atoms with E-state index in [-0.39, 0.29) is 17.6 Å². The maximum atomic E-state index is 12.6. The third-order valence-corrected chi connectivity index (χ3v) is 6.32. The minimum absolute atomic E-state index is 0.138. The molecule has 1 amide bonds. The van der Waals surface area contributed by atoms with Crippen molar-refractivity contribution in [2.75, 3.05) is 11.1 Å². The van der Waals surface area contributed by atoms with E-state index < -0.39 is 0 Å². The highest BCUT2D eigenvalue weighted by atomic mass is 35.5. The average Bonchev–Trinajstić information content (AvgIpc) is 3.27. The molecule has 0 aliphatic heterocycles. The molecule has 0 aliphatic rings. The van der Waals surface area contributed by atoms with Crippen LogP contribution in [0.3, 0.4) is 0 Å². The number of halogens is 1. The van der Waals surface area contributed by atoms with Gasteiger partial charge in [-0.1, -0.05) is 61.5 Å². The van der Waals surface area contributed by atoms with Gasteiger partial charge in [-0.2, -0.15) is 5.26 Å². The van der Waals surface area contributed by atoms with Gasteiger partial charge in [0.1, 0.15) is 0 Å². The molecule has 6 nitrogen and oxygen atoms in total. The maximum Gasteiger partial charge on any atom is 0.234 e. The molecule has 0 atom stereocenters. The predicted octanol–water partition coefficient (Wildman–Crippen LogP) is 6.31. The Hall–Kier alpha value is -3.60. The molecule has 0 saturated carbocycles. The quantitative estimate of drug-likeness (QED) is 0.308. The van der Waals surface area contributed by atoms with E-state index >= 15 is 0 Å². The van der Waals surface area contributed by atoms with Crippen LogP contribution in [0.5, 0.6) is 0 Å². The van der Waals surface area contributed by atoms with Gasteiger partial charge < -0.3 is 5.32 Å². The number of benzene rings is 3. The topological polar surface area (TPSA) is 83.6 Å². The smallest absolute Gasteiger partial charge is 0.234 e. The molecule has 0 spiro atoms. The SMILES string of the molecule is CC(C)c1ccccc1-n1c(SCC(=O)Nc2cccc(C#N)c2)nnc1-c1ccc(Cl)cc1. The fraction of sp³-hybridized carbons (Fsp3) is 0.154. The Morgan fingerprint density at radius 1 is 1.09 bits per heavy atom. The summed E-state index contributed by atoms with van der Waals surface area (Å²) in [6, 6.07) is 24.5. The Bertz CT molecular complexity index is 1360. The number of para-hydroxylation sites is 1. The van der Waals surface area contributed by atoms with Crippen LogP contribution >= 0.6 is 23.4 Å². The summed E-state index contributed by atoms with van der Waals surface area (Å²) in [5.74, 6) is 0.902. The van der Waals surface area contributed by atoms with Crippen molar-refractivity contribution >= 4 is 35.0 Å². The zero-order valence-electron chi connectivity index (χ0n) is 18.7. The summed E-state index contributed by atoms with van der Waals surface area (Å²) in [6.07, 6.45) is 0. The summed E-state index contributed by atoms with van der Waals surface area (Å²) in [7, 11) is 0. The summed E-state index contributed by atoms with van der Waals surface area (Å²) in [6.45, 7) is 4.28. The first-order valence-electron chi connectivity index (χ1n) is 10.7. The first-order valence-corrected chi connectivity index (χ1v) is 12.1. The lowest BCUT2D eigenvalue weighted by Crippen LogP contribution is -2.14. The number of aromatic nitrogens is 3.